The fourth-order valence-corrected chi connectivity index (χ4v) is 6.12. The molecule has 0 amide bonds. The first-order valence-corrected chi connectivity index (χ1v) is 11.9. The molecule has 1 unspecified atom stereocenters. The molecule has 4 heteroatoms. The molecular weight excluding hydrogens is 461 g/mol. The fourth-order valence-electron chi connectivity index (χ4n) is 6.12. The Kier molecular flexibility index (Phi) is 9.57. The third-order valence-corrected chi connectivity index (χ3v) is 7.91. The molecule has 3 nitrogen and oxygen atoms in total. The number of hydrogen-bond acceptors (Lipinski definition) is 3. The third-order valence-electron chi connectivity index (χ3n) is 7.91. The molecule has 3 fully saturated rings. The molecule has 4 atom stereocenters. The van der Waals surface area contributed by atoms with E-state index in [4.69, 9.17) is 0 Å². The Morgan fingerprint density at radius 1 is 1.16 bits per heavy atom. The van der Waals surface area contributed by atoms with Crippen molar-refractivity contribution in [1.82, 2.24) is 0 Å². The fraction of sp³-hybridized carbons (Fsp3) is 0.704. The van der Waals surface area contributed by atoms with Gasteiger partial charge in [0, 0.05) is 32.7 Å². The van der Waals surface area contributed by atoms with Crippen LogP contribution in [0.15, 0.2) is 46.6 Å². The molecule has 0 aromatic carbocycles. The standard InChI is InChI=1S/C27H42O3.Y/c1-18(8-6-14-26(3,4)30)22-12-13-23-21(9-7-15-27(22,23)5)11-10-20-16-24(28)19(2)25(29)17-20;/h10-11,23-25,28-30H,2,6-9,12-17H2,1,3-5H3;/b21-11+,22-18-;/t23?,24-,25-,27-;/m1./s1. The number of fused-ring (bicyclic) bond motifs is 1. The van der Waals surface area contributed by atoms with E-state index in [-0.39, 0.29) is 38.1 Å². The van der Waals surface area contributed by atoms with Gasteiger partial charge >= 0.3 is 0 Å². The maximum absolute atomic E-state index is 10.1. The maximum atomic E-state index is 10.1. The van der Waals surface area contributed by atoms with E-state index in [0.29, 0.717) is 24.3 Å². The summed E-state index contributed by atoms with van der Waals surface area (Å²) in [6, 6.07) is 0. The molecule has 0 spiro atoms. The summed E-state index contributed by atoms with van der Waals surface area (Å²) in [7, 11) is 0. The Morgan fingerprint density at radius 2 is 1.81 bits per heavy atom. The van der Waals surface area contributed by atoms with Crippen LogP contribution >= 0.6 is 0 Å². The molecule has 0 heterocycles. The van der Waals surface area contributed by atoms with Gasteiger partial charge in [-0.05, 0) is 102 Å². The number of allylic oxidation sites excluding steroid dienone is 5. The minimum atomic E-state index is -0.623. The van der Waals surface area contributed by atoms with Crippen molar-refractivity contribution in [2.45, 2.75) is 110 Å². The second-order valence-electron chi connectivity index (χ2n) is 10.9. The Bertz CT molecular complexity index is 739. The van der Waals surface area contributed by atoms with Crippen LogP contribution in [0, 0.1) is 11.3 Å². The summed E-state index contributed by atoms with van der Waals surface area (Å²) in [5.74, 6) is 0.607. The van der Waals surface area contributed by atoms with E-state index in [9.17, 15) is 15.3 Å². The van der Waals surface area contributed by atoms with Gasteiger partial charge in [0.25, 0.3) is 0 Å². The quantitative estimate of drug-likeness (QED) is 0.418. The molecule has 0 bridgehead atoms. The van der Waals surface area contributed by atoms with Crippen molar-refractivity contribution in [3.63, 3.8) is 0 Å². The van der Waals surface area contributed by atoms with E-state index >= 15 is 0 Å². The molecule has 0 aromatic rings. The summed E-state index contributed by atoms with van der Waals surface area (Å²) in [4.78, 5) is 0. The number of hydrogen-bond donors (Lipinski definition) is 3. The SMILES string of the molecule is C=C1[C@H](O)CC(=C/C=C2\CCC[C@]3(C)/C(=C(/C)CCCC(C)(C)O)CCC23)C[C@H]1O.[Y]. The van der Waals surface area contributed by atoms with Gasteiger partial charge in [-0.3, -0.25) is 0 Å². The van der Waals surface area contributed by atoms with E-state index in [1.165, 1.54) is 25.7 Å². The summed E-state index contributed by atoms with van der Waals surface area (Å²) in [5, 5.41) is 30.3. The van der Waals surface area contributed by atoms with Crippen molar-refractivity contribution in [3.05, 3.63) is 46.6 Å². The van der Waals surface area contributed by atoms with Gasteiger partial charge in [0.2, 0.25) is 0 Å². The van der Waals surface area contributed by atoms with Gasteiger partial charge < -0.3 is 15.3 Å². The zero-order valence-corrected chi connectivity index (χ0v) is 22.9. The topological polar surface area (TPSA) is 60.7 Å². The van der Waals surface area contributed by atoms with E-state index < -0.39 is 17.8 Å². The summed E-state index contributed by atoms with van der Waals surface area (Å²) < 4.78 is 0. The maximum Gasteiger partial charge on any atom is 0.0809 e. The smallest absolute Gasteiger partial charge is 0.0809 e. The van der Waals surface area contributed by atoms with Gasteiger partial charge in [-0.2, -0.15) is 0 Å². The second-order valence-corrected chi connectivity index (χ2v) is 10.9. The molecule has 0 aromatic heterocycles. The predicted octanol–water partition coefficient (Wildman–Crippen LogP) is 5.77. The molecule has 3 saturated carbocycles. The first-order valence-electron chi connectivity index (χ1n) is 11.9. The van der Waals surface area contributed by atoms with Crippen LogP contribution in [0.5, 0.6) is 0 Å². The summed E-state index contributed by atoms with van der Waals surface area (Å²) in [6.07, 6.45) is 13.5. The molecule has 31 heavy (non-hydrogen) atoms. The van der Waals surface area contributed by atoms with Crippen molar-refractivity contribution in [2.75, 3.05) is 0 Å². The van der Waals surface area contributed by atoms with Crippen molar-refractivity contribution >= 4 is 0 Å². The van der Waals surface area contributed by atoms with Crippen LogP contribution in [0.4, 0.5) is 0 Å². The molecule has 3 N–H and O–H groups in total. The zero-order chi connectivity index (χ0) is 22.1. The average molecular weight is 504 g/mol. The molecular formula is C27H42O3Y. The van der Waals surface area contributed by atoms with Crippen LogP contribution < -0.4 is 0 Å². The number of rotatable bonds is 5. The molecule has 1 radical (unpaired) electrons. The average Bonchev–Trinajstić information content (AvgIpc) is 3.00. The van der Waals surface area contributed by atoms with Crippen LogP contribution in [0.25, 0.3) is 0 Å². The molecule has 0 aliphatic heterocycles. The molecule has 3 rings (SSSR count). The Labute approximate surface area is 214 Å². The van der Waals surface area contributed by atoms with Crippen molar-refractivity contribution < 1.29 is 48.0 Å². The van der Waals surface area contributed by atoms with E-state index in [2.05, 4.69) is 32.6 Å². The van der Waals surface area contributed by atoms with Gasteiger partial charge in [0.1, 0.15) is 0 Å². The van der Waals surface area contributed by atoms with Gasteiger partial charge in [0.05, 0.1) is 17.8 Å². The normalized spacial score (nSPS) is 34.4. The zero-order valence-electron chi connectivity index (χ0n) is 20.1. The van der Waals surface area contributed by atoms with E-state index in [1.807, 2.05) is 13.8 Å². The first-order chi connectivity index (χ1) is 14.0. The summed E-state index contributed by atoms with van der Waals surface area (Å²) >= 11 is 0. The minimum absolute atomic E-state index is 0. The Morgan fingerprint density at radius 3 is 2.42 bits per heavy atom. The molecule has 3 aliphatic carbocycles. The minimum Gasteiger partial charge on any atom is -0.390 e. The molecule has 3 aliphatic rings. The van der Waals surface area contributed by atoms with E-state index in [0.717, 1.165) is 31.3 Å². The van der Waals surface area contributed by atoms with Gasteiger partial charge in [0.15, 0.2) is 0 Å². The van der Waals surface area contributed by atoms with Gasteiger partial charge in [-0.1, -0.05) is 47.9 Å². The third kappa shape index (κ3) is 6.51. The molecule has 171 valence electrons. The Balaban J connectivity index is 0.00000341. The van der Waals surface area contributed by atoms with Crippen LogP contribution in [-0.2, 0) is 32.7 Å². The van der Waals surface area contributed by atoms with Crippen molar-refractivity contribution in [3.8, 4) is 0 Å². The second kappa shape index (κ2) is 10.9. The van der Waals surface area contributed by atoms with Crippen molar-refractivity contribution in [2.24, 2.45) is 11.3 Å². The van der Waals surface area contributed by atoms with Crippen LogP contribution in [0.2, 0.25) is 0 Å². The largest absolute Gasteiger partial charge is 0.390 e. The summed E-state index contributed by atoms with van der Waals surface area (Å²) in [5.41, 5.74) is 6.12. The Hall–Kier alpha value is -0.0561. The van der Waals surface area contributed by atoms with E-state index in [1.54, 1.807) is 16.7 Å². The van der Waals surface area contributed by atoms with Crippen LogP contribution in [0.3, 0.4) is 0 Å². The van der Waals surface area contributed by atoms with Gasteiger partial charge in [-0.25, -0.2) is 0 Å². The van der Waals surface area contributed by atoms with Gasteiger partial charge in [-0.15, -0.1) is 0 Å². The van der Waals surface area contributed by atoms with Crippen LogP contribution in [-0.4, -0.2) is 33.1 Å². The van der Waals surface area contributed by atoms with Crippen molar-refractivity contribution in [1.29, 1.82) is 0 Å². The first kappa shape index (κ1) is 27.2. The predicted molar refractivity (Wildman–Crippen MR) is 124 cm³/mol. The number of aliphatic hydroxyl groups is 3. The monoisotopic (exact) mass is 503 g/mol. The number of aliphatic hydroxyl groups excluding tert-OH is 2. The summed E-state index contributed by atoms with van der Waals surface area (Å²) in [6.45, 7) is 12.4. The molecule has 0 saturated heterocycles. The van der Waals surface area contributed by atoms with Crippen LogP contribution in [0.1, 0.15) is 91.9 Å².